The smallest absolute Gasteiger partial charge is 0.225 e. The Bertz CT molecular complexity index is 317. The van der Waals surface area contributed by atoms with Crippen LogP contribution >= 0.6 is 0 Å². The van der Waals surface area contributed by atoms with E-state index in [1.54, 1.807) is 5.57 Å². The Labute approximate surface area is 98.7 Å². The molecule has 2 heterocycles. The van der Waals surface area contributed by atoms with E-state index in [4.69, 9.17) is 0 Å². The molecule has 1 fully saturated rings. The van der Waals surface area contributed by atoms with E-state index in [0.29, 0.717) is 23.9 Å². The van der Waals surface area contributed by atoms with Crippen LogP contribution in [0.3, 0.4) is 0 Å². The minimum atomic E-state index is 0.136. The predicted octanol–water partition coefficient (Wildman–Crippen LogP) is 2.99. The summed E-state index contributed by atoms with van der Waals surface area (Å²) in [5, 5.41) is 0. The fourth-order valence-corrected chi connectivity index (χ4v) is 2.93. The first-order chi connectivity index (χ1) is 7.50. The standard InChI is InChI=1S/C14H23NO/c1-9(2)11-7-12-5-6-13(8-11)15(12)14(16)10(3)4/h7,9-10,12-13H,5-6,8H2,1-4H3. The first kappa shape index (κ1) is 11.7. The van der Waals surface area contributed by atoms with Gasteiger partial charge in [0, 0.05) is 12.0 Å². The third-order valence-corrected chi connectivity index (χ3v) is 3.91. The highest BCUT2D eigenvalue weighted by Crippen LogP contribution is 2.37. The lowest BCUT2D eigenvalue weighted by molar-refractivity contribution is -0.136. The highest BCUT2D eigenvalue weighted by molar-refractivity contribution is 5.79. The van der Waals surface area contributed by atoms with E-state index in [2.05, 4.69) is 24.8 Å². The van der Waals surface area contributed by atoms with Crippen molar-refractivity contribution in [3.63, 3.8) is 0 Å². The summed E-state index contributed by atoms with van der Waals surface area (Å²) in [6, 6.07) is 0.883. The second kappa shape index (κ2) is 4.23. The fourth-order valence-electron chi connectivity index (χ4n) is 2.93. The Morgan fingerprint density at radius 2 is 2.00 bits per heavy atom. The van der Waals surface area contributed by atoms with Gasteiger partial charge < -0.3 is 4.90 Å². The van der Waals surface area contributed by atoms with E-state index in [1.165, 1.54) is 12.8 Å². The van der Waals surface area contributed by atoms with E-state index in [0.717, 1.165) is 6.42 Å². The summed E-state index contributed by atoms with van der Waals surface area (Å²) in [5.74, 6) is 1.11. The number of amides is 1. The summed E-state index contributed by atoms with van der Waals surface area (Å²) in [6.45, 7) is 8.52. The van der Waals surface area contributed by atoms with Gasteiger partial charge in [0.15, 0.2) is 0 Å². The third kappa shape index (κ3) is 1.90. The van der Waals surface area contributed by atoms with Crippen molar-refractivity contribution in [2.24, 2.45) is 11.8 Å². The molecule has 0 spiro atoms. The predicted molar refractivity (Wildman–Crippen MR) is 66.0 cm³/mol. The number of carbonyl (C=O) groups is 1. The number of rotatable bonds is 2. The summed E-state index contributed by atoms with van der Waals surface area (Å²) in [7, 11) is 0. The summed E-state index contributed by atoms with van der Waals surface area (Å²) in [5.41, 5.74) is 1.56. The fraction of sp³-hybridized carbons (Fsp3) is 0.786. The van der Waals surface area contributed by atoms with Gasteiger partial charge in [0.1, 0.15) is 0 Å². The van der Waals surface area contributed by atoms with Crippen LogP contribution in [0.4, 0.5) is 0 Å². The molecule has 2 heteroatoms. The van der Waals surface area contributed by atoms with Gasteiger partial charge in [0.05, 0.1) is 6.04 Å². The molecule has 0 aromatic heterocycles. The Balaban J connectivity index is 2.19. The molecule has 0 radical (unpaired) electrons. The van der Waals surface area contributed by atoms with Gasteiger partial charge in [-0.2, -0.15) is 0 Å². The Hall–Kier alpha value is -0.790. The lowest BCUT2D eigenvalue weighted by atomic mass is 9.92. The molecule has 16 heavy (non-hydrogen) atoms. The maximum atomic E-state index is 12.1. The van der Waals surface area contributed by atoms with E-state index in [1.807, 2.05) is 13.8 Å². The normalized spacial score (nSPS) is 28.9. The molecule has 0 aromatic carbocycles. The summed E-state index contributed by atoms with van der Waals surface area (Å²) >= 11 is 0. The topological polar surface area (TPSA) is 20.3 Å². The van der Waals surface area contributed by atoms with Crippen molar-refractivity contribution < 1.29 is 4.79 Å². The highest BCUT2D eigenvalue weighted by atomic mass is 16.2. The van der Waals surface area contributed by atoms with Gasteiger partial charge in [0.25, 0.3) is 0 Å². The SMILES string of the molecule is CC(C)C(=O)N1C2C=C(C(C)C)CC1CC2. The molecular weight excluding hydrogens is 198 g/mol. The molecule has 90 valence electrons. The van der Waals surface area contributed by atoms with Gasteiger partial charge in [-0.25, -0.2) is 0 Å². The van der Waals surface area contributed by atoms with Crippen molar-refractivity contribution in [3.8, 4) is 0 Å². The van der Waals surface area contributed by atoms with Gasteiger partial charge >= 0.3 is 0 Å². The van der Waals surface area contributed by atoms with Crippen LogP contribution in [-0.4, -0.2) is 22.9 Å². The van der Waals surface area contributed by atoms with Crippen LogP contribution in [0.5, 0.6) is 0 Å². The molecule has 2 unspecified atom stereocenters. The molecule has 1 amide bonds. The monoisotopic (exact) mass is 221 g/mol. The minimum absolute atomic E-state index is 0.136. The zero-order valence-electron chi connectivity index (χ0n) is 10.9. The van der Waals surface area contributed by atoms with Gasteiger partial charge in [-0.3, -0.25) is 4.79 Å². The zero-order valence-corrected chi connectivity index (χ0v) is 10.9. The summed E-state index contributed by atoms with van der Waals surface area (Å²) in [6.07, 6.45) is 5.82. The quantitative estimate of drug-likeness (QED) is 0.656. The molecule has 2 aliphatic rings. The van der Waals surface area contributed by atoms with Crippen molar-refractivity contribution in [3.05, 3.63) is 11.6 Å². The maximum absolute atomic E-state index is 12.1. The van der Waals surface area contributed by atoms with E-state index >= 15 is 0 Å². The molecule has 1 saturated heterocycles. The first-order valence-corrected chi connectivity index (χ1v) is 6.53. The molecule has 0 saturated carbocycles. The number of fused-ring (bicyclic) bond motifs is 2. The third-order valence-electron chi connectivity index (χ3n) is 3.91. The van der Waals surface area contributed by atoms with Crippen LogP contribution in [0.2, 0.25) is 0 Å². The number of nitrogens with zero attached hydrogens (tertiary/aromatic N) is 1. The van der Waals surface area contributed by atoms with Crippen LogP contribution < -0.4 is 0 Å². The van der Waals surface area contributed by atoms with Gasteiger partial charge in [-0.15, -0.1) is 0 Å². The Morgan fingerprint density at radius 1 is 1.31 bits per heavy atom. The number of carbonyl (C=O) groups excluding carboxylic acids is 1. The first-order valence-electron chi connectivity index (χ1n) is 6.53. The van der Waals surface area contributed by atoms with Crippen LogP contribution in [0.25, 0.3) is 0 Å². The van der Waals surface area contributed by atoms with Gasteiger partial charge in [-0.1, -0.05) is 39.3 Å². The second-order valence-electron chi connectivity index (χ2n) is 5.80. The average molecular weight is 221 g/mol. The molecule has 0 aromatic rings. The van der Waals surface area contributed by atoms with Crippen LogP contribution in [0.15, 0.2) is 11.6 Å². The molecule has 2 bridgehead atoms. The molecular formula is C14H23NO. The van der Waals surface area contributed by atoms with Crippen LogP contribution in [0.1, 0.15) is 47.0 Å². The zero-order chi connectivity index (χ0) is 11.9. The molecule has 0 N–H and O–H groups in total. The molecule has 2 rings (SSSR count). The molecule has 2 atom stereocenters. The van der Waals surface area contributed by atoms with Crippen LogP contribution in [-0.2, 0) is 4.79 Å². The van der Waals surface area contributed by atoms with Crippen molar-refractivity contribution in [1.29, 1.82) is 0 Å². The lowest BCUT2D eigenvalue weighted by Crippen LogP contribution is -2.45. The van der Waals surface area contributed by atoms with Crippen molar-refractivity contribution >= 4 is 5.91 Å². The molecule has 2 nitrogen and oxygen atoms in total. The Morgan fingerprint density at radius 3 is 2.50 bits per heavy atom. The van der Waals surface area contributed by atoms with Crippen molar-refractivity contribution in [1.82, 2.24) is 4.90 Å². The van der Waals surface area contributed by atoms with Crippen molar-refractivity contribution in [2.45, 2.75) is 59.0 Å². The van der Waals surface area contributed by atoms with Gasteiger partial charge in [0.2, 0.25) is 5.91 Å². The second-order valence-corrected chi connectivity index (χ2v) is 5.80. The number of hydrogen-bond acceptors (Lipinski definition) is 1. The molecule has 2 aliphatic heterocycles. The van der Waals surface area contributed by atoms with E-state index < -0.39 is 0 Å². The summed E-state index contributed by atoms with van der Waals surface area (Å²) < 4.78 is 0. The Kier molecular flexibility index (Phi) is 3.09. The summed E-state index contributed by atoms with van der Waals surface area (Å²) in [4.78, 5) is 14.3. The highest BCUT2D eigenvalue weighted by Gasteiger charge is 2.40. The average Bonchev–Trinajstić information content (AvgIpc) is 2.46. The maximum Gasteiger partial charge on any atom is 0.225 e. The number of hydrogen-bond donors (Lipinski definition) is 0. The minimum Gasteiger partial charge on any atom is -0.333 e. The van der Waals surface area contributed by atoms with E-state index in [9.17, 15) is 4.79 Å². The molecule has 0 aliphatic carbocycles. The largest absolute Gasteiger partial charge is 0.333 e. The van der Waals surface area contributed by atoms with Crippen molar-refractivity contribution in [2.75, 3.05) is 0 Å². The van der Waals surface area contributed by atoms with E-state index in [-0.39, 0.29) is 5.92 Å². The lowest BCUT2D eigenvalue weighted by Gasteiger charge is -2.36. The van der Waals surface area contributed by atoms with Gasteiger partial charge in [-0.05, 0) is 25.2 Å². The van der Waals surface area contributed by atoms with Crippen LogP contribution in [0, 0.1) is 11.8 Å².